The van der Waals surface area contributed by atoms with Crippen molar-refractivity contribution in [1.29, 1.82) is 0 Å². The van der Waals surface area contributed by atoms with Crippen LogP contribution in [-0.2, 0) is 4.79 Å². The first-order valence-electron chi connectivity index (χ1n) is 3.77. The Labute approximate surface area is 61.4 Å². The predicted molar refractivity (Wildman–Crippen MR) is 39.7 cm³/mol. The molecule has 0 aromatic carbocycles. The minimum atomic E-state index is 0.0683. The summed E-state index contributed by atoms with van der Waals surface area (Å²) in [5.74, 6) is 0.160. The number of carbonyl (C=O) groups is 1. The summed E-state index contributed by atoms with van der Waals surface area (Å²) in [7, 11) is 0. The Kier molecular flexibility index (Phi) is 2.27. The summed E-state index contributed by atoms with van der Waals surface area (Å²) in [5, 5.41) is 2.82. The summed E-state index contributed by atoms with van der Waals surface area (Å²) in [5.41, 5.74) is 0. The summed E-state index contributed by atoms with van der Waals surface area (Å²) >= 11 is 0. The van der Waals surface area contributed by atoms with Gasteiger partial charge >= 0.3 is 0 Å². The SMILES string of the molecule is CCN1CCNC(=O)C1C. The largest absolute Gasteiger partial charge is 0.353 e. The molecule has 1 aliphatic heterocycles. The molecule has 1 unspecified atom stereocenters. The predicted octanol–water partition coefficient (Wildman–Crippen LogP) is -0.173. The van der Waals surface area contributed by atoms with Gasteiger partial charge in [-0.2, -0.15) is 0 Å². The quantitative estimate of drug-likeness (QED) is 0.551. The highest BCUT2D eigenvalue weighted by atomic mass is 16.2. The van der Waals surface area contributed by atoms with Crippen molar-refractivity contribution in [3.63, 3.8) is 0 Å². The van der Waals surface area contributed by atoms with Gasteiger partial charge in [-0.15, -0.1) is 0 Å². The van der Waals surface area contributed by atoms with Gasteiger partial charge in [-0.25, -0.2) is 0 Å². The van der Waals surface area contributed by atoms with Crippen LogP contribution in [0.25, 0.3) is 0 Å². The molecule has 3 heteroatoms. The van der Waals surface area contributed by atoms with Gasteiger partial charge < -0.3 is 5.32 Å². The first-order valence-corrected chi connectivity index (χ1v) is 3.77. The van der Waals surface area contributed by atoms with E-state index in [1.165, 1.54) is 0 Å². The molecule has 1 heterocycles. The van der Waals surface area contributed by atoms with E-state index in [9.17, 15) is 4.79 Å². The molecule has 1 N–H and O–H groups in total. The average Bonchev–Trinajstić information content (AvgIpc) is 1.95. The number of rotatable bonds is 1. The fourth-order valence-electron chi connectivity index (χ4n) is 1.26. The lowest BCUT2D eigenvalue weighted by Gasteiger charge is -2.31. The van der Waals surface area contributed by atoms with Gasteiger partial charge in [0.2, 0.25) is 5.91 Å². The van der Waals surface area contributed by atoms with E-state index in [0.29, 0.717) is 0 Å². The van der Waals surface area contributed by atoms with Gasteiger partial charge in [0.05, 0.1) is 6.04 Å². The van der Waals surface area contributed by atoms with Crippen molar-refractivity contribution in [2.45, 2.75) is 19.9 Å². The molecule has 1 amide bonds. The Balaban J connectivity index is 2.51. The van der Waals surface area contributed by atoms with Crippen LogP contribution in [0.3, 0.4) is 0 Å². The Bertz CT molecular complexity index is 136. The number of likely N-dealkylation sites (N-methyl/N-ethyl adjacent to an activating group) is 1. The zero-order valence-electron chi connectivity index (χ0n) is 6.55. The lowest BCUT2D eigenvalue weighted by Crippen LogP contribution is -2.53. The number of amides is 1. The third-order valence-corrected chi connectivity index (χ3v) is 2.03. The molecule has 0 spiro atoms. The average molecular weight is 142 g/mol. The van der Waals surface area contributed by atoms with Crippen molar-refractivity contribution in [2.24, 2.45) is 0 Å². The summed E-state index contributed by atoms with van der Waals surface area (Å²) in [4.78, 5) is 13.2. The van der Waals surface area contributed by atoms with Crippen molar-refractivity contribution >= 4 is 5.91 Å². The minimum Gasteiger partial charge on any atom is -0.353 e. The first kappa shape index (κ1) is 7.54. The molecule has 1 fully saturated rings. The molecule has 10 heavy (non-hydrogen) atoms. The van der Waals surface area contributed by atoms with Crippen LogP contribution in [0.1, 0.15) is 13.8 Å². The highest BCUT2D eigenvalue weighted by molar-refractivity contribution is 5.81. The van der Waals surface area contributed by atoms with E-state index >= 15 is 0 Å². The van der Waals surface area contributed by atoms with Crippen LogP contribution in [0, 0.1) is 0 Å². The van der Waals surface area contributed by atoms with Crippen LogP contribution in [0.15, 0.2) is 0 Å². The van der Waals surface area contributed by atoms with Gasteiger partial charge in [0.25, 0.3) is 0 Å². The Morgan fingerprint density at radius 3 is 3.00 bits per heavy atom. The second-order valence-electron chi connectivity index (χ2n) is 2.60. The Hall–Kier alpha value is -0.570. The highest BCUT2D eigenvalue weighted by Gasteiger charge is 2.23. The smallest absolute Gasteiger partial charge is 0.237 e. The van der Waals surface area contributed by atoms with Crippen molar-refractivity contribution in [2.75, 3.05) is 19.6 Å². The van der Waals surface area contributed by atoms with Gasteiger partial charge in [0, 0.05) is 13.1 Å². The van der Waals surface area contributed by atoms with Crippen LogP contribution in [0.5, 0.6) is 0 Å². The lowest BCUT2D eigenvalue weighted by atomic mass is 10.2. The topological polar surface area (TPSA) is 32.3 Å². The Morgan fingerprint density at radius 2 is 2.50 bits per heavy atom. The van der Waals surface area contributed by atoms with Crippen LogP contribution < -0.4 is 5.32 Å². The van der Waals surface area contributed by atoms with E-state index in [1.54, 1.807) is 0 Å². The van der Waals surface area contributed by atoms with Gasteiger partial charge in [-0.05, 0) is 13.5 Å². The van der Waals surface area contributed by atoms with E-state index in [2.05, 4.69) is 17.1 Å². The highest BCUT2D eigenvalue weighted by Crippen LogP contribution is 2.01. The lowest BCUT2D eigenvalue weighted by molar-refractivity contribution is -0.128. The molecule has 0 aromatic rings. The monoisotopic (exact) mass is 142 g/mol. The molecule has 0 radical (unpaired) electrons. The van der Waals surface area contributed by atoms with Crippen LogP contribution >= 0.6 is 0 Å². The van der Waals surface area contributed by atoms with Crippen molar-refractivity contribution in [1.82, 2.24) is 10.2 Å². The zero-order chi connectivity index (χ0) is 7.56. The second-order valence-corrected chi connectivity index (χ2v) is 2.60. The summed E-state index contributed by atoms with van der Waals surface area (Å²) < 4.78 is 0. The Morgan fingerprint density at radius 1 is 1.80 bits per heavy atom. The van der Waals surface area contributed by atoms with Crippen molar-refractivity contribution in [3.8, 4) is 0 Å². The molecule has 3 nitrogen and oxygen atoms in total. The number of hydrogen-bond donors (Lipinski definition) is 1. The molecule has 1 rings (SSSR count). The third-order valence-electron chi connectivity index (χ3n) is 2.03. The number of carbonyl (C=O) groups excluding carboxylic acids is 1. The molecule has 58 valence electrons. The molecule has 0 aliphatic carbocycles. The van der Waals surface area contributed by atoms with E-state index in [1.807, 2.05) is 6.92 Å². The van der Waals surface area contributed by atoms with E-state index in [0.717, 1.165) is 19.6 Å². The number of nitrogens with zero attached hydrogens (tertiary/aromatic N) is 1. The van der Waals surface area contributed by atoms with Crippen LogP contribution in [0.4, 0.5) is 0 Å². The van der Waals surface area contributed by atoms with E-state index in [4.69, 9.17) is 0 Å². The van der Waals surface area contributed by atoms with E-state index < -0.39 is 0 Å². The molecule has 1 atom stereocenters. The molecule has 0 aromatic heterocycles. The standard InChI is InChI=1S/C7H14N2O/c1-3-9-5-4-8-7(10)6(9)2/h6H,3-5H2,1-2H3,(H,8,10). The van der Waals surface area contributed by atoms with Crippen LogP contribution in [0.2, 0.25) is 0 Å². The first-order chi connectivity index (χ1) is 4.75. The second kappa shape index (κ2) is 3.01. The normalized spacial score (nSPS) is 28.2. The fraction of sp³-hybridized carbons (Fsp3) is 0.857. The van der Waals surface area contributed by atoms with Crippen molar-refractivity contribution in [3.05, 3.63) is 0 Å². The maximum atomic E-state index is 11.0. The molecular formula is C7H14N2O. The van der Waals surface area contributed by atoms with Gasteiger partial charge in [0.15, 0.2) is 0 Å². The van der Waals surface area contributed by atoms with E-state index in [-0.39, 0.29) is 11.9 Å². The van der Waals surface area contributed by atoms with Gasteiger partial charge in [-0.3, -0.25) is 9.69 Å². The molecule has 0 saturated carbocycles. The van der Waals surface area contributed by atoms with Gasteiger partial charge in [-0.1, -0.05) is 6.92 Å². The summed E-state index contributed by atoms with van der Waals surface area (Å²) in [6, 6.07) is 0.0683. The molecular weight excluding hydrogens is 128 g/mol. The molecule has 1 saturated heterocycles. The summed E-state index contributed by atoms with van der Waals surface area (Å²) in [6.07, 6.45) is 0. The molecule has 1 aliphatic rings. The number of nitrogens with one attached hydrogen (secondary N) is 1. The maximum absolute atomic E-state index is 11.0. The molecule has 0 bridgehead atoms. The third kappa shape index (κ3) is 1.29. The summed E-state index contributed by atoms with van der Waals surface area (Å²) in [6.45, 7) is 6.78. The van der Waals surface area contributed by atoms with Crippen LogP contribution in [-0.4, -0.2) is 36.5 Å². The zero-order valence-corrected chi connectivity index (χ0v) is 6.55. The number of piperazine rings is 1. The number of hydrogen-bond acceptors (Lipinski definition) is 2. The van der Waals surface area contributed by atoms with Gasteiger partial charge in [0.1, 0.15) is 0 Å². The van der Waals surface area contributed by atoms with Crippen molar-refractivity contribution < 1.29 is 4.79 Å². The maximum Gasteiger partial charge on any atom is 0.237 e. The fourth-order valence-corrected chi connectivity index (χ4v) is 1.26. The minimum absolute atomic E-state index is 0.0683.